The number of aromatic nitrogens is 3. The van der Waals surface area contributed by atoms with Gasteiger partial charge in [0.25, 0.3) is 0 Å². The maximum atomic E-state index is 9.25. The van der Waals surface area contributed by atoms with Gasteiger partial charge in [-0.05, 0) is 22.0 Å². The van der Waals surface area contributed by atoms with Crippen molar-refractivity contribution >= 4 is 21.7 Å². The molecule has 1 N–H and O–H groups in total. The highest BCUT2D eigenvalue weighted by molar-refractivity contribution is 9.10. The molecule has 0 bridgehead atoms. The summed E-state index contributed by atoms with van der Waals surface area (Å²) in [5.74, 6) is 0.640. The lowest BCUT2D eigenvalue weighted by molar-refractivity contribution is 0.215. The minimum Gasteiger partial charge on any atom is -0.395 e. The number of halogens is 1. The first-order valence-corrected chi connectivity index (χ1v) is 5.45. The number of imidazole rings is 1. The molecule has 2 aromatic rings. The minimum absolute atomic E-state index is 0.0675. The van der Waals surface area contributed by atoms with Gasteiger partial charge in [0.2, 0.25) is 5.78 Å². The third kappa shape index (κ3) is 1.77. The first kappa shape index (κ1) is 10.6. The van der Waals surface area contributed by atoms with Crippen molar-refractivity contribution in [2.45, 2.75) is 19.3 Å². The van der Waals surface area contributed by atoms with E-state index in [-0.39, 0.29) is 12.0 Å². The zero-order chi connectivity index (χ0) is 11.1. The van der Waals surface area contributed by atoms with Crippen LogP contribution in [0.3, 0.4) is 0 Å². The number of aliphatic hydroxyl groups excluding tert-OH is 1. The zero-order valence-electron chi connectivity index (χ0n) is 8.61. The van der Waals surface area contributed by atoms with Crippen LogP contribution in [0.1, 0.15) is 19.5 Å². The van der Waals surface area contributed by atoms with Gasteiger partial charge in [0.15, 0.2) is 0 Å². The molecule has 4 nitrogen and oxygen atoms in total. The Morgan fingerprint density at radius 3 is 2.93 bits per heavy atom. The Kier molecular flexibility index (Phi) is 2.52. The molecule has 0 spiro atoms. The van der Waals surface area contributed by atoms with Gasteiger partial charge in [-0.1, -0.05) is 13.8 Å². The average molecular weight is 270 g/mol. The van der Waals surface area contributed by atoms with E-state index in [1.807, 2.05) is 30.5 Å². The van der Waals surface area contributed by atoms with Crippen molar-refractivity contribution < 1.29 is 5.11 Å². The third-order valence-corrected chi connectivity index (χ3v) is 3.01. The van der Waals surface area contributed by atoms with E-state index in [4.69, 9.17) is 0 Å². The fraction of sp³-hybridized carbons (Fsp3) is 0.400. The summed E-state index contributed by atoms with van der Waals surface area (Å²) in [4.78, 5) is 8.55. The molecular formula is C10H12BrN3O. The summed E-state index contributed by atoms with van der Waals surface area (Å²) >= 11 is 3.37. The number of aliphatic hydroxyl groups is 1. The van der Waals surface area contributed by atoms with Crippen molar-refractivity contribution in [2.24, 2.45) is 0 Å². The van der Waals surface area contributed by atoms with Crippen molar-refractivity contribution in [3.8, 4) is 0 Å². The smallest absolute Gasteiger partial charge is 0.234 e. The molecule has 0 fully saturated rings. The molecule has 0 aliphatic carbocycles. The van der Waals surface area contributed by atoms with E-state index in [0.29, 0.717) is 5.78 Å². The van der Waals surface area contributed by atoms with Crippen LogP contribution in [0, 0.1) is 0 Å². The molecule has 0 aliphatic rings. The fourth-order valence-electron chi connectivity index (χ4n) is 1.30. The van der Waals surface area contributed by atoms with E-state index in [0.717, 1.165) is 10.3 Å². The van der Waals surface area contributed by atoms with Gasteiger partial charge >= 0.3 is 0 Å². The monoisotopic (exact) mass is 269 g/mol. The summed E-state index contributed by atoms with van der Waals surface area (Å²) < 4.78 is 2.72. The minimum atomic E-state index is -0.333. The number of fused-ring (bicyclic) bond motifs is 1. The average Bonchev–Trinajstić information content (AvgIpc) is 2.60. The number of hydrogen-bond acceptors (Lipinski definition) is 3. The lowest BCUT2D eigenvalue weighted by atomic mass is 9.90. The number of rotatable bonds is 2. The molecule has 0 aromatic carbocycles. The van der Waals surface area contributed by atoms with E-state index in [9.17, 15) is 5.11 Å². The maximum absolute atomic E-state index is 9.25. The van der Waals surface area contributed by atoms with E-state index in [1.165, 1.54) is 0 Å². The Bertz CT molecular complexity index is 492. The second-order valence-electron chi connectivity index (χ2n) is 4.11. The predicted octanol–water partition coefficient (Wildman–Crippen LogP) is 1.76. The van der Waals surface area contributed by atoms with Crippen molar-refractivity contribution in [3.63, 3.8) is 0 Å². The van der Waals surface area contributed by atoms with Crippen LogP contribution in [-0.4, -0.2) is 26.1 Å². The molecule has 15 heavy (non-hydrogen) atoms. The SMILES string of the molecule is CC(C)(CO)c1ccn2c(Br)cnc2n1. The zero-order valence-corrected chi connectivity index (χ0v) is 10.2. The van der Waals surface area contributed by atoms with Gasteiger partial charge in [-0.3, -0.25) is 4.40 Å². The van der Waals surface area contributed by atoms with Crippen LogP contribution in [-0.2, 0) is 5.41 Å². The normalized spacial score (nSPS) is 12.3. The van der Waals surface area contributed by atoms with Crippen LogP contribution < -0.4 is 0 Å². The van der Waals surface area contributed by atoms with Gasteiger partial charge in [-0.2, -0.15) is 0 Å². The molecular weight excluding hydrogens is 258 g/mol. The molecule has 2 rings (SSSR count). The van der Waals surface area contributed by atoms with E-state index in [1.54, 1.807) is 6.20 Å². The number of nitrogens with zero attached hydrogens (tertiary/aromatic N) is 3. The quantitative estimate of drug-likeness (QED) is 0.904. The highest BCUT2D eigenvalue weighted by atomic mass is 79.9. The van der Waals surface area contributed by atoms with Gasteiger partial charge in [0, 0.05) is 11.6 Å². The Balaban J connectivity index is 2.57. The summed E-state index contributed by atoms with van der Waals surface area (Å²) in [5, 5.41) is 9.25. The largest absolute Gasteiger partial charge is 0.395 e. The lowest BCUT2D eigenvalue weighted by Crippen LogP contribution is -2.23. The maximum Gasteiger partial charge on any atom is 0.234 e. The van der Waals surface area contributed by atoms with Crippen molar-refractivity contribution in [1.29, 1.82) is 0 Å². The standard InChI is InChI=1S/C10H12BrN3O/c1-10(2,6-15)7-3-4-14-8(11)5-12-9(14)13-7/h3-5,15H,6H2,1-2H3. The van der Waals surface area contributed by atoms with E-state index >= 15 is 0 Å². The van der Waals surface area contributed by atoms with E-state index in [2.05, 4.69) is 25.9 Å². The molecule has 0 unspecified atom stereocenters. The van der Waals surface area contributed by atoms with Gasteiger partial charge in [-0.25, -0.2) is 9.97 Å². The Morgan fingerprint density at radius 2 is 2.27 bits per heavy atom. The third-order valence-electron chi connectivity index (χ3n) is 2.42. The molecule has 0 radical (unpaired) electrons. The molecule has 5 heteroatoms. The molecule has 2 heterocycles. The molecule has 2 aromatic heterocycles. The Labute approximate surface area is 96.1 Å². The van der Waals surface area contributed by atoms with Crippen LogP contribution >= 0.6 is 15.9 Å². The van der Waals surface area contributed by atoms with Gasteiger partial charge < -0.3 is 5.11 Å². The summed E-state index contributed by atoms with van der Waals surface area (Å²) in [6, 6.07) is 1.90. The lowest BCUT2D eigenvalue weighted by Gasteiger charge is -2.20. The summed E-state index contributed by atoms with van der Waals surface area (Å²) in [6.45, 7) is 3.96. The van der Waals surface area contributed by atoms with E-state index < -0.39 is 0 Å². The second kappa shape index (κ2) is 3.57. The molecule has 80 valence electrons. The molecule has 0 saturated carbocycles. The Morgan fingerprint density at radius 1 is 1.53 bits per heavy atom. The molecule has 0 aliphatic heterocycles. The number of hydrogen-bond donors (Lipinski definition) is 1. The molecule has 0 saturated heterocycles. The fourth-order valence-corrected chi connectivity index (χ4v) is 1.68. The van der Waals surface area contributed by atoms with Crippen LogP contribution in [0.5, 0.6) is 0 Å². The highest BCUT2D eigenvalue weighted by Gasteiger charge is 2.21. The molecule has 0 atom stereocenters. The van der Waals surface area contributed by atoms with Crippen molar-refractivity contribution in [1.82, 2.24) is 14.4 Å². The van der Waals surface area contributed by atoms with Crippen molar-refractivity contribution in [2.75, 3.05) is 6.61 Å². The summed E-state index contributed by atoms with van der Waals surface area (Å²) in [6.07, 6.45) is 3.60. The van der Waals surface area contributed by atoms with Crippen LogP contribution in [0.4, 0.5) is 0 Å². The second-order valence-corrected chi connectivity index (χ2v) is 4.92. The molecule has 0 amide bonds. The van der Waals surface area contributed by atoms with Crippen LogP contribution in [0.25, 0.3) is 5.78 Å². The van der Waals surface area contributed by atoms with Gasteiger partial charge in [-0.15, -0.1) is 0 Å². The first-order chi connectivity index (χ1) is 7.04. The van der Waals surface area contributed by atoms with Gasteiger partial charge in [0.1, 0.15) is 4.60 Å². The van der Waals surface area contributed by atoms with Crippen molar-refractivity contribution in [3.05, 3.63) is 28.8 Å². The Hall–Kier alpha value is -0.940. The summed E-state index contributed by atoms with van der Waals surface area (Å²) in [7, 11) is 0. The van der Waals surface area contributed by atoms with Crippen LogP contribution in [0.2, 0.25) is 0 Å². The predicted molar refractivity (Wildman–Crippen MR) is 60.8 cm³/mol. The van der Waals surface area contributed by atoms with Gasteiger partial charge in [0.05, 0.1) is 18.5 Å². The topological polar surface area (TPSA) is 50.4 Å². The highest BCUT2D eigenvalue weighted by Crippen LogP contribution is 2.21. The summed E-state index contributed by atoms with van der Waals surface area (Å²) in [5.41, 5.74) is 0.510. The first-order valence-electron chi connectivity index (χ1n) is 4.65. The van der Waals surface area contributed by atoms with Crippen LogP contribution in [0.15, 0.2) is 23.1 Å².